The molecule has 0 saturated carbocycles. The number of hydrogen-bond donors (Lipinski definition) is 2. The zero-order valence-electron chi connectivity index (χ0n) is 12.9. The maximum Gasteiger partial charge on any atom is 0.253 e. The Balaban J connectivity index is 1.98. The van der Waals surface area contributed by atoms with E-state index in [0.717, 1.165) is 0 Å². The van der Waals surface area contributed by atoms with Crippen LogP contribution in [0.3, 0.4) is 0 Å². The van der Waals surface area contributed by atoms with Crippen molar-refractivity contribution in [2.45, 2.75) is 6.04 Å². The van der Waals surface area contributed by atoms with Crippen LogP contribution in [0.4, 0.5) is 4.39 Å². The molecule has 0 spiro atoms. The van der Waals surface area contributed by atoms with Gasteiger partial charge in [-0.1, -0.05) is 18.2 Å². The van der Waals surface area contributed by atoms with Crippen molar-refractivity contribution in [2.75, 3.05) is 0 Å². The molecule has 2 N–H and O–H groups in total. The largest absolute Gasteiger partial charge is 0.338 e. The number of aromatic amines is 1. The van der Waals surface area contributed by atoms with E-state index in [9.17, 15) is 14.0 Å². The lowest BCUT2D eigenvalue weighted by atomic mass is 10.0. The summed E-state index contributed by atoms with van der Waals surface area (Å²) in [6.07, 6.45) is 4.61. The maximum atomic E-state index is 14.2. The number of carbonyl (C=O) groups excluding carboxylic acids is 1. The van der Waals surface area contributed by atoms with Crippen LogP contribution in [0.25, 0.3) is 0 Å². The second-order valence-corrected chi connectivity index (χ2v) is 5.27. The van der Waals surface area contributed by atoms with Gasteiger partial charge in [-0.3, -0.25) is 9.59 Å². The smallest absolute Gasteiger partial charge is 0.253 e. The molecule has 0 bridgehead atoms. The molecule has 7 heteroatoms. The van der Waals surface area contributed by atoms with Crippen LogP contribution in [0.1, 0.15) is 27.8 Å². The lowest BCUT2D eigenvalue weighted by molar-refractivity contribution is 0.0940. The predicted octanol–water partition coefficient (Wildman–Crippen LogP) is 1.77. The lowest BCUT2D eigenvalue weighted by Crippen LogP contribution is -2.32. The molecule has 1 aromatic carbocycles. The van der Waals surface area contributed by atoms with Crippen LogP contribution >= 0.6 is 0 Å². The van der Waals surface area contributed by atoms with Gasteiger partial charge in [0.2, 0.25) is 5.56 Å². The molecule has 24 heavy (non-hydrogen) atoms. The molecule has 122 valence electrons. The van der Waals surface area contributed by atoms with Crippen LogP contribution in [0.15, 0.2) is 59.8 Å². The summed E-state index contributed by atoms with van der Waals surface area (Å²) >= 11 is 0. The van der Waals surface area contributed by atoms with Crippen LogP contribution in [-0.4, -0.2) is 20.4 Å². The highest BCUT2D eigenvalue weighted by atomic mass is 19.1. The fourth-order valence-corrected chi connectivity index (χ4v) is 2.41. The van der Waals surface area contributed by atoms with Crippen molar-refractivity contribution in [2.24, 2.45) is 7.05 Å². The van der Waals surface area contributed by atoms with Crippen molar-refractivity contribution in [1.29, 1.82) is 0 Å². The highest BCUT2D eigenvalue weighted by Crippen LogP contribution is 2.23. The number of nitrogens with zero attached hydrogens (tertiary/aromatic N) is 2. The summed E-state index contributed by atoms with van der Waals surface area (Å²) in [7, 11) is 1.77. The van der Waals surface area contributed by atoms with Crippen molar-refractivity contribution in [3.05, 3.63) is 88.1 Å². The summed E-state index contributed by atoms with van der Waals surface area (Å²) in [4.78, 5) is 30.2. The normalized spacial score (nSPS) is 11.9. The standard InChI is InChI=1S/C17H15FN4O2/c1-22-9-8-19-16(22)15(12-4-2-3-5-13(12)18)21-17(24)11-6-7-14(23)20-10-11/h2-10,15H,1H3,(H,20,23)(H,21,24). The first-order valence-electron chi connectivity index (χ1n) is 7.27. The molecule has 0 fully saturated rings. The highest BCUT2D eigenvalue weighted by Gasteiger charge is 2.24. The fourth-order valence-electron chi connectivity index (χ4n) is 2.41. The minimum atomic E-state index is -0.759. The summed E-state index contributed by atoms with van der Waals surface area (Å²) in [5.41, 5.74) is 0.274. The van der Waals surface area contributed by atoms with Crippen molar-refractivity contribution >= 4 is 5.91 Å². The number of aromatic nitrogens is 3. The Morgan fingerprint density at radius 1 is 1.29 bits per heavy atom. The second kappa shape index (κ2) is 6.49. The number of hydrogen-bond acceptors (Lipinski definition) is 3. The van der Waals surface area contributed by atoms with Gasteiger partial charge in [0.05, 0.1) is 5.56 Å². The molecule has 0 aliphatic heterocycles. The van der Waals surface area contributed by atoms with Crippen LogP contribution in [-0.2, 0) is 7.05 Å². The second-order valence-electron chi connectivity index (χ2n) is 5.27. The van der Waals surface area contributed by atoms with E-state index in [0.29, 0.717) is 11.4 Å². The van der Waals surface area contributed by atoms with E-state index in [1.165, 1.54) is 24.4 Å². The van der Waals surface area contributed by atoms with Gasteiger partial charge in [-0.15, -0.1) is 0 Å². The summed E-state index contributed by atoms with van der Waals surface area (Å²) in [5.74, 6) is -0.382. The third kappa shape index (κ3) is 3.10. The van der Waals surface area contributed by atoms with Crippen LogP contribution in [0.5, 0.6) is 0 Å². The number of benzene rings is 1. The minimum Gasteiger partial charge on any atom is -0.338 e. The molecule has 2 aromatic heterocycles. The summed E-state index contributed by atoms with van der Waals surface area (Å²) in [5, 5.41) is 2.77. The SMILES string of the molecule is Cn1ccnc1C(NC(=O)c1ccc(=O)[nH]c1)c1ccccc1F. The van der Waals surface area contributed by atoms with Gasteiger partial charge in [0.25, 0.3) is 5.91 Å². The number of carbonyl (C=O) groups is 1. The van der Waals surface area contributed by atoms with Gasteiger partial charge in [-0.25, -0.2) is 9.37 Å². The molecule has 2 heterocycles. The maximum absolute atomic E-state index is 14.2. The third-order valence-corrected chi connectivity index (χ3v) is 3.65. The molecule has 0 radical (unpaired) electrons. The average molecular weight is 326 g/mol. The van der Waals surface area contributed by atoms with Gasteiger partial charge >= 0.3 is 0 Å². The Hall–Kier alpha value is -3.22. The monoisotopic (exact) mass is 326 g/mol. The summed E-state index contributed by atoms with van der Waals surface area (Å²) in [6.45, 7) is 0. The van der Waals surface area contributed by atoms with Gasteiger partial charge in [0.15, 0.2) is 0 Å². The first-order valence-corrected chi connectivity index (χ1v) is 7.27. The van der Waals surface area contributed by atoms with E-state index in [1.807, 2.05) is 0 Å². The van der Waals surface area contributed by atoms with Crippen LogP contribution in [0.2, 0.25) is 0 Å². The van der Waals surface area contributed by atoms with E-state index < -0.39 is 17.8 Å². The Labute approximate surface area is 137 Å². The average Bonchev–Trinajstić information content (AvgIpc) is 3.00. The molecule has 0 aliphatic carbocycles. The number of aryl methyl sites for hydroxylation is 1. The highest BCUT2D eigenvalue weighted by molar-refractivity contribution is 5.94. The Bertz CT molecular complexity index is 912. The van der Waals surface area contributed by atoms with E-state index in [-0.39, 0.29) is 11.1 Å². The molecule has 6 nitrogen and oxygen atoms in total. The van der Waals surface area contributed by atoms with Gasteiger partial charge in [-0.2, -0.15) is 0 Å². The van der Waals surface area contributed by atoms with Gasteiger partial charge < -0.3 is 14.9 Å². The number of nitrogens with one attached hydrogen (secondary N) is 2. The first kappa shape index (κ1) is 15.7. The number of pyridine rings is 1. The molecular weight excluding hydrogens is 311 g/mol. The molecule has 0 saturated heterocycles. The Morgan fingerprint density at radius 2 is 2.08 bits per heavy atom. The van der Waals surface area contributed by atoms with E-state index in [4.69, 9.17) is 0 Å². The van der Waals surface area contributed by atoms with Gasteiger partial charge in [0, 0.05) is 37.3 Å². The minimum absolute atomic E-state index is 0.269. The summed E-state index contributed by atoms with van der Waals surface area (Å²) in [6, 6.07) is 8.11. The molecular formula is C17H15FN4O2. The fraction of sp³-hybridized carbons (Fsp3) is 0.118. The zero-order chi connectivity index (χ0) is 17.1. The Morgan fingerprint density at radius 3 is 2.71 bits per heavy atom. The van der Waals surface area contributed by atoms with E-state index in [2.05, 4.69) is 15.3 Å². The van der Waals surface area contributed by atoms with E-state index >= 15 is 0 Å². The van der Waals surface area contributed by atoms with Crippen LogP contribution < -0.4 is 10.9 Å². The first-order chi connectivity index (χ1) is 11.6. The van der Waals surface area contributed by atoms with Crippen LogP contribution in [0, 0.1) is 5.82 Å². The predicted molar refractivity (Wildman–Crippen MR) is 86.0 cm³/mol. The number of halogens is 1. The third-order valence-electron chi connectivity index (χ3n) is 3.65. The lowest BCUT2D eigenvalue weighted by Gasteiger charge is -2.19. The Kier molecular flexibility index (Phi) is 4.24. The number of amides is 1. The van der Waals surface area contributed by atoms with E-state index in [1.54, 1.807) is 42.2 Å². The zero-order valence-corrected chi connectivity index (χ0v) is 12.9. The van der Waals surface area contributed by atoms with Crippen molar-refractivity contribution in [3.8, 4) is 0 Å². The van der Waals surface area contributed by atoms with Crippen molar-refractivity contribution in [1.82, 2.24) is 19.9 Å². The molecule has 0 aliphatic rings. The van der Waals surface area contributed by atoms with Gasteiger partial charge in [-0.05, 0) is 12.1 Å². The number of rotatable bonds is 4. The molecule has 3 aromatic rings. The molecule has 1 amide bonds. The van der Waals surface area contributed by atoms with Crippen molar-refractivity contribution in [3.63, 3.8) is 0 Å². The molecule has 1 atom stereocenters. The van der Waals surface area contributed by atoms with Crippen molar-refractivity contribution < 1.29 is 9.18 Å². The number of H-pyrrole nitrogens is 1. The quantitative estimate of drug-likeness (QED) is 0.767. The number of imidazole rings is 1. The van der Waals surface area contributed by atoms with Gasteiger partial charge in [0.1, 0.15) is 17.7 Å². The topological polar surface area (TPSA) is 79.8 Å². The molecule has 3 rings (SSSR count). The summed E-state index contributed by atoms with van der Waals surface area (Å²) < 4.78 is 15.9. The molecule has 1 unspecified atom stereocenters.